The number of amides is 2. The van der Waals surface area contributed by atoms with E-state index in [0.29, 0.717) is 30.2 Å². The van der Waals surface area contributed by atoms with Gasteiger partial charge in [-0.3, -0.25) is 14.3 Å². The summed E-state index contributed by atoms with van der Waals surface area (Å²) in [6.07, 6.45) is 0. The van der Waals surface area contributed by atoms with E-state index in [1.54, 1.807) is 36.8 Å². The monoisotopic (exact) mass is 448 g/mol. The highest BCUT2D eigenvalue weighted by atomic mass is 16.5. The van der Waals surface area contributed by atoms with Crippen molar-refractivity contribution in [1.82, 2.24) is 20.0 Å². The van der Waals surface area contributed by atoms with E-state index in [9.17, 15) is 9.59 Å². The Balaban J connectivity index is 1.60. The number of nitrogens with one attached hydrogen (secondary N) is 1. The van der Waals surface area contributed by atoms with E-state index in [4.69, 9.17) is 9.47 Å². The summed E-state index contributed by atoms with van der Waals surface area (Å²) in [5.41, 5.74) is 1.80. The van der Waals surface area contributed by atoms with E-state index in [1.165, 1.54) is 0 Å². The molecule has 1 aliphatic heterocycles. The second-order valence-electron chi connectivity index (χ2n) is 8.12. The number of carbonyl (C=O) groups excluding carboxylic acids is 2. The topological polar surface area (TPSA) is 85.7 Å². The number of nitrogens with zero attached hydrogens (tertiary/aromatic N) is 3. The third kappa shape index (κ3) is 4.04. The molecule has 1 aromatic heterocycles. The van der Waals surface area contributed by atoms with Gasteiger partial charge in [-0.2, -0.15) is 5.10 Å². The van der Waals surface area contributed by atoms with Gasteiger partial charge in [0, 0.05) is 24.2 Å². The van der Waals surface area contributed by atoms with Crippen LogP contribution in [0.1, 0.15) is 29.9 Å². The van der Waals surface area contributed by atoms with Crippen LogP contribution in [0.25, 0.3) is 11.3 Å². The number of rotatable bonds is 7. The van der Waals surface area contributed by atoms with Gasteiger partial charge in [-0.05, 0) is 50.2 Å². The summed E-state index contributed by atoms with van der Waals surface area (Å²) in [4.78, 5) is 28.3. The van der Waals surface area contributed by atoms with Crippen molar-refractivity contribution in [3.63, 3.8) is 0 Å². The normalized spacial score (nSPS) is 17.5. The van der Waals surface area contributed by atoms with Crippen molar-refractivity contribution in [2.45, 2.75) is 32.5 Å². The summed E-state index contributed by atoms with van der Waals surface area (Å²) < 4.78 is 12.2. The Morgan fingerprint density at radius 2 is 1.85 bits per heavy atom. The minimum Gasteiger partial charge on any atom is -0.497 e. The Labute approximate surface area is 193 Å². The number of hydrogen-bond donors (Lipinski definition) is 1. The fourth-order valence-electron chi connectivity index (χ4n) is 4.25. The fraction of sp³-hybridized carbons (Fsp3) is 0.320. The lowest BCUT2D eigenvalue weighted by molar-refractivity contribution is -0.133. The van der Waals surface area contributed by atoms with Crippen LogP contribution in [0, 0.1) is 0 Å². The minimum atomic E-state index is -1.08. The van der Waals surface area contributed by atoms with E-state index in [-0.39, 0.29) is 18.4 Å². The highest BCUT2D eigenvalue weighted by molar-refractivity contribution is 6.00. The molecular formula is C25H28N4O4. The van der Waals surface area contributed by atoms with Gasteiger partial charge in [0.2, 0.25) is 5.91 Å². The van der Waals surface area contributed by atoms with E-state index >= 15 is 0 Å². The van der Waals surface area contributed by atoms with Crippen molar-refractivity contribution < 1.29 is 19.1 Å². The number of methoxy groups -OCH3 is 2. The molecule has 1 aliphatic rings. The standard InChI is InChI=1S/C25H28N4O4/c1-5-28-23(30)21-14-20(17-10-12-19(32-3)13-11-17)27-29(21)16-25(28,2)24(31)26-15-18-8-6-7-9-22(18)33-4/h6-14H,5,15-16H2,1-4H3,(H,26,31). The lowest BCUT2D eigenvalue weighted by Gasteiger charge is -2.42. The molecule has 1 atom stereocenters. The lowest BCUT2D eigenvalue weighted by atomic mass is 9.95. The van der Waals surface area contributed by atoms with Crippen molar-refractivity contribution >= 4 is 11.8 Å². The first-order valence-electron chi connectivity index (χ1n) is 10.9. The fourth-order valence-corrected chi connectivity index (χ4v) is 4.25. The molecule has 0 bridgehead atoms. The van der Waals surface area contributed by atoms with Gasteiger partial charge in [0.05, 0.1) is 26.5 Å². The maximum absolute atomic E-state index is 13.4. The van der Waals surface area contributed by atoms with Crippen molar-refractivity contribution in [3.05, 3.63) is 65.9 Å². The highest BCUT2D eigenvalue weighted by Gasteiger charge is 2.47. The second-order valence-corrected chi connectivity index (χ2v) is 8.12. The molecule has 0 fully saturated rings. The van der Waals surface area contributed by atoms with Gasteiger partial charge >= 0.3 is 0 Å². The summed E-state index contributed by atoms with van der Waals surface area (Å²) in [6.45, 7) is 4.62. The summed E-state index contributed by atoms with van der Waals surface area (Å²) in [5, 5.41) is 7.63. The third-order valence-electron chi connectivity index (χ3n) is 6.12. The van der Waals surface area contributed by atoms with Crippen LogP contribution >= 0.6 is 0 Å². The summed E-state index contributed by atoms with van der Waals surface area (Å²) in [5.74, 6) is 0.991. The van der Waals surface area contributed by atoms with Gasteiger partial charge in [0.25, 0.3) is 5.91 Å². The zero-order valence-corrected chi connectivity index (χ0v) is 19.3. The number of likely N-dealkylation sites (N-methyl/N-ethyl adjacent to an activating group) is 1. The Bertz CT molecular complexity index is 1170. The van der Waals surface area contributed by atoms with E-state index in [2.05, 4.69) is 10.4 Å². The number of fused-ring (bicyclic) bond motifs is 1. The number of benzene rings is 2. The molecule has 33 heavy (non-hydrogen) atoms. The van der Waals surface area contributed by atoms with Gasteiger partial charge in [-0.1, -0.05) is 18.2 Å². The van der Waals surface area contributed by atoms with E-state index < -0.39 is 5.54 Å². The molecule has 4 rings (SSSR count). The van der Waals surface area contributed by atoms with E-state index in [1.807, 2.05) is 55.5 Å². The smallest absolute Gasteiger partial charge is 0.273 e. The Kier molecular flexibility index (Phi) is 6.09. The van der Waals surface area contributed by atoms with Crippen molar-refractivity contribution in [3.8, 4) is 22.8 Å². The molecule has 1 unspecified atom stereocenters. The zero-order chi connectivity index (χ0) is 23.6. The van der Waals surface area contributed by atoms with Gasteiger partial charge in [-0.25, -0.2) is 0 Å². The SMILES string of the molecule is CCN1C(=O)c2cc(-c3ccc(OC)cc3)nn2CC1(C)C(=O)NCc1ccccc1OC. The first-order valence-corrected chi connectivity index (χ1v) is 10.9. The number of aromatic nitrogens is 2. The average Bonchev–Trinajstić information content (AvgIpc) is 3.26. The minimum absolute atomic E-state index is 0.217. The summed E-state index contributed by atoms with van der Waals surface area (Å²) in [7, 11) is 3.21. The lowest BCUT2D eigenvalue weighted by Crippen LogP contribution is -2.63. The molecule has 8 nitrogen and oxygen atoms in total. The molecule has 0 saturated carbocycles. The van der Waals surface area contributed by atoms with Gasteiger partial charge in [0.1, 0.15) is 22.7 Å². The first kappa shape index (κ1) is 22.4. The highest BCUT2D eigenvalue weighted by Crippen LogP contribution is 2.30. The van der Waals surface area contributed by atoms with Crippen LogP contribution in [0.5, 0.6) is 11.5 Å². The Morgan fingerprint density at radius 1 is 1.12 bits per heavy atom. The van der Waals surface area contributed by atoms with Crippen molar-refractivity contribution in [1.29, 1.82) is 0 Å². The predicted molar refractivity (Wildman–Crippen MR) is 124 cm³/mol. The predicted octanol–water partition coefficient (Wildman–Crippen LogP) is 3.12. The van der Waals surface area contributed by atoms with Crippen LogP contribution in [-0.4, -0.2) is 52.8 Å². The van der Waals surface area contributed by atoms with E-state index in [0.717, 1.165) is 16.9 Å². The van der Waals surface area contributed by atoms with Crippen molar-refractivity contribution in [2.75, 3.05) is 20.8 Å². The molecule has 0 aliphatic carbocycles. The third-order valence-corrected chi connectivity index (χ3v) is 6.12. The molecule has 0 saturated heterocycles. The molecule has 172 valence electrons. The van der Waals surface area contributed by atoms with Gasteiger partial charge < -0.3 is 19.7 Å². The molecular weight excluding hydrogens is 420 g/mol. The van der Waals surface area contributed by atoms with Crippen LogP contribution in [-0.2, 0) is 17.9 Å². The quantitative estimate of drug-likeness (QED) is 0.600. The molecule has 8 heteroatoms. The zero-order valence-electron chi connectivity index (χ0n) is 19.3. The van der Waals surface area contributed by atoms with Gasteiger partial charge in [0.15, 0.2) is 0 Å². The maximum atomic E-state index is 13.4. The van der Waals surface area contributed by atoms with Crippen LogP contribution < -0.4 is 14.8 Å². The summed E-state index contributed by atoms with van der Waals surface area (Å²) >= 11 is 0. The number of carbonyl (C=O) groups is 2. The van der Waals surface area contributed by atoms with Crippen LogP contribution in [0.4, 0.5) is 0 Å². The molecule has 0 radical (unpaired) electrons. The summed E-state index contributed by atoms with van der Waals surface area (Å²) in [6, 6.07) is 16.8. The molecule has 1 N–H and O–H groups in total. The van der Waals surface area contributed by atoms with Gasteiger partial charge in [-0.15, -0.1) is 0 Å². The number of para-hydroxylation sites is 1. The Morgan fingerprint density at radius 3 is 2.52 bits per heavy atom. The Hall–Kier alpha value is -3.81. The molecule has 3 aromatic rings. The second kappa shape index (κ2) is 8.97. The van der Waals surface area contributed by atoms with Crippen LogP contribution in [0.15, 0.2) is 54.6 Å². The average molecular weight is 449 g/mol. The maximum Gasteiger partial charge on any atom is 0.273 e. The molecule has 2 aromatic carbocycles. The first-order chi connectivity index (χ1) is 15.9. The number of ether oxygens (including phenoxy) is 2. The number of hydrogen-bond acceptors (Lipinski definition) is 5. The van der Waals surface area contributed by atoms with Crippen molar-refractivity contribution in [2.24, 2.45) is 0 Å². The van der Waals surface area contributed by atoms with Crippen LogP contribution in [0.3, 0.4) is 0 Å². The molecule has 2 heterocycles. The van der Waals surface area contributed by atoms with Crippen LogP contribution in [0.2, 0.25) is 0 Å². The largest absolute Gasteiger partial charge is 0.497 e. The molecule has 0 spiro atoms. The molecule has 2 amide bonds.